The summed E-state index contributed by atoms with van der Waals surface area (Å²) >= 11 is 3.42. The topological polar surface area (TPSA) is 45.1 Å². The second kappa shape index (κ2) is 4.80. The van der Waals surface area contributed by atoms with Gasteiger partial charge in [-0.3, -0.25) is 0 Å². The molecule has 0 unspecified atom stereocenters. The lowest BCUT2D eigenvalue weighted by Crippen LogP contribution is -2.01. The maximum Gasteiger partial charge on any atom is 0.127 e. The Hall–Kier alpha value is -1.13. The lowest BCUT2D eigenvalue weighted by molar-refractivity contribution is 0.283. The summed E-state index contributed by atoms with van der Waals surface area (Å²) in [6.07, 6.45) is 0. The van der Waals surface area contributed by atoms with E-state index in [2.05, 4.69) is 26.2 Å². The van der Waals surface area contributed by atoms with E-state index >= 15 is 0 Å². The number of nitrogens with one attached hydrogen (secondary N) is 1. The molecule has 1 aromatic heterocycles. The maximum absolute atomic E-state index is 9.33. The molecule has 16 heavy (non-hydrogen) atoms. The van der Waals surface area contributed by atoms with Crippen LogP contribution in [0.1, 0.15) is 12.5 Å². The molecule has 0 aliphatic heterocycles. The summed E-state index contributed by atoms with van der Waals surface area (Å²) in [5, 5.41) is 13.5. The van der Waals surface area contributed by atoms with E-state index < -0.39 is 0 Å². The zero-order valence-electron chi connectivity index (χ0n) is 9.00. The molecule has 1 aromatic carbocycles. The highest BCUT2D eigenvalue weighted by atomic mass is 79.9. The van der Waals surface area contributed by atoms with Gasteiger partial charge in [0.15, 0.2) is 0 Å². The Morgan fingerprint density at radius 2 is 2.19 bits per heavy atom. The molecule has 0 fully saturated rings. The van der Waals surface area contributed by atoms with Crippen LogP contribution in [0.15, 0.2) is 28.7 Å². The number of halogens is 1. The molecule has 84 valence electrons. The molecule has 0 spiro atoms. The molecule has 0 aliphatic rings. The van der Waals surface area contributed by atoms with E-state index in [1.54, 1.807) is 0 Å². The molecule has 0 saturated heterocycles. The van der Waals surface area contributed by atoms with Crippen LogP contribution >= 0.6 is 15.9 Å². The molecule has 1 heterocycles. The molecule has 0 amide bonds. The van der Waals surface area contributed by atoms with Crippen LogP contribution in [-0.4, -0.2) is 16.6 Å². The number of rotatable bonds is 3. The molecular formula is C12H13BrN2O. The largest absolute Gasteiger partial charge is 0.392 e. The van der Waals surface area contributed by atoms with E-state index in [1.807, 2.05) is 31.2 Å². The molecule has 0 aliphatic carbocycles. The van der Waals surface area contributed by atoms with Crippen molar-refractivity contribution in [1.29, 1.82) is 0 Å². The molecule has 2 aromatic rings. The van der Waals surface area contributed by atoms with E-state index in [9.17, 15) is 5.11 Å². The summed E-state index contributed by atoms with van der Waals surface area (Å²) in [4.78, 5) is 4.48. The van der Waals surface area contributed by atoms with E-state index in [1.165, 1.54) is 0 Å². The number of aliphatic hydroxyl groups is 1. The zero-order chi connectivity index (χ0) is 11.5. The third-order valence-electron chi connectivity index (χ3n) is 2.39. The van der Waals surface area contributed by atoms with Crippen molar-refractivity contribution >= 4 is 32.7 Å². The lowest BCUT2D eigenvalue weighted by atomic mass is 10.1. The Bertz CT molecular complexity index is 514. The number of aromatic nitrogens is 1. The van der Waals surface area contributed by atoms with Crippen molar-refractivity contribution < 1.29 is 5.11 Å². The van der Waals surface area contributed by atoms with Gasteiger partial charge >= 0.3 is 0 Å². The van der Waals surface area contributed by atoms with Crippen LogP contribution in [0.5, 0.6) is 0 Å². The SMILES string of the molecule is CCNc1cc(CO)c2ccc(Br)cc2n1. The van der Waals surface area contributed by atoms with Crippen molar-refractivity contribution in [2.75, 3.05) is 11.9 Å². The first kappa shape index (κ1) is 11.4. The number of benzene rings is 1. The van der Waals surface area contributed by atoms with Gasteiger partial charge in [0.05, 0.1) is 12.1 Å². The first-order valence-electron chi connectivity index (χ1n) is 5.18. The molecule has 4 heteroatoms. The Kier molecular flexibility index (Phi) is 3.41. The van der Waals surface area contributed by atoms with Crippen LogP contribution in [0.4, 0.5) is 5.82 Å². The number of anilines is 1. The molecule has 0 radical (unpaired) electrons. The number of fused-ring (bicyclic) bond motifs is 1. The highest BCUT2D eigenvalue weighted by Gasteiger charge is 2.05. The number of hydrogen-bond donors (Lipinski definition) is 2. The molecule has 2 N–H and O–H groups in total. The summed E-state index contributed by atoms with van der Waals surface area (Å²) in [7, 11) is 0. The van der Waals surface area contributed by atoms with Gasteiger partial charge in [-0.1, -0.05) is 22.0 Å². The number of hydrogen-bond acceptors (Lipinski definition) is 3. The van der Waals surface area contributed by atoms with Crippen molar-refractivity contribution in [2.24, 2.45) is 0 Å². The third kappa shape index (κ3) is 2.18. The van der Waals surface area contributed by atoms with E-state index in [-0.39, 0.29) is 6.61 Å². The second-order valence-corrected chi connectivity index (χ2v) is 4.43. The third-order valence-corrected chi connectivity index (χ3v) is 2.88. The predicted octanol–water partition coefficient (Wildman–Crippen LogP) is 2.92. The fourth-order valence-electron chi connectivity index (χ4n) is 1.68. The number of aliphatic hydroxyl groups excluding tert-OH is 1. The van der Waals surface area contributed by atoms with Gasteiger partial charge in [-0.05, 0) is 30.7 Å². The van der Waals surface area contributed by atoms with Crippen molar-refractivity contribution in [3.05, 3.63) is 34.3 Å². The van der Waals surface area contributed by atoms with Gasteiger partial charge in [0, 0.05) is 16.4 Å². The maximum atomic E-state index is 9.33. The predicted molar refractivity (Wildman–Crippen MR) is 69.5 cm³/mol. The van der Waals surface area contributed by atoms with Gasteiger partial charge < -0.3 is 10.4 Å². The van der Waals surface area contributed by atoms with Crippen molar-refractivity contribution in [3.8, 4) is 0 Å². The summed E-state index contributed by atoms with van der Waals surface area (Å²) in [6, 6.07) is 7.76. The molecule has 2 rings (SSSR count). The number of nitrogens with zero attached hydrogens (tertiary/aromatic N) is 1. The van der Waals surface area contributed by atoms with Gasteiger partial charge in [-0.15, -0.1) is 0 Å². The Morgan fingerprint density at radius 1 is 1.38 bits per heavy atom. The Balaban J connectivity index is 2.63. The summed E-state index contributed by atoms with van der Waals surface area (Å²) in [5.41, 5.74) is 1.78. The van der Waals surface area contributed by atoms with Crippen LogP contribution in [0.3, 0.4) is 0 Å². The minimum Gasteiger partial charge on any atom is -0.392 e. The molecule has 0 saturated carbocycles. The van der Waals surface area contributed by atoms with Crippen LogP contribution in [0.2, 0.25) is 0 Å². The van der Waals surface area contributed by atoms with Gasteiger partial charge in [-0.2, -0.15) is 0 Å². The highest BCUT2D eigenvalue weighted by Crippen LogP contribution is 2.24. The van der Waals surface area contributed by atoms with Gasteiger partial charge in [0.1, 0.15) is 5.82 Å². The molecule has 0 atom stereocenters. The summed E-state index contributed by atoms with van der Waals surface area (Å²) < 4.78 is 0.991. The zero-order valence-corrected chi connectivity index (χ0v) is 10.6. The van der Waals surface area contributed by atoms with Crippen LogP contribution in [-0.2, 0) is 6.61 Å². The standard InChI is InChI=1S/C12H13BrN2O/c1-2-14-12-5-8(7-16)10-4-3-9(13)6-11(10)15-12/h3-6,16H,2,7H2,1H3,(H,14,15). The molecule has 3 nitrogen and oxygen atoms in total. The summed E-state index contributed by atoms with van der Waals surface area (Å²) in [6.45, 7) is 2.86. The molecular weight excluding hydrogens is 268 g/mol. The monoisotopic (exact) mass is 280 g/mol. The second-order valence-electron chi connectivity index (χ2n) is 3.52. The van der Waals surface area contributed by atoms with Crippen LogP contribution in [0.25, 0.3) is 10.9 Å². The van der Waals surface area contributed by atoms with Crippen molar-refractivity contribution in [2.45, 2.75) is 13.5 Å². The minimum atomic E-state index is 0.0268. The highest BCUT2D eigenvalue weighted by molar-refractivity contribution is 9.10. The van der Waals surface area contributed by atoms with E-state index in [0.717, 1.165) is 33.3 Å². The lowest BCUT2D eigenvalue weighted by Gasteiger charge is -2.08. The summed E-state index contributed by atoms with van der Waals surface area (Å²) in [5.74, 6) is 0.803. The molecule has 0 bridgehead atoms. The Labute approximate surface area is 103 Å². The van der Waals surface area contributed by atoms with Crippen LogP contribution in [0, 0.1) is 0 Å². The fourth-order valence-corrected chi connectivity index (χ4v) is 2.03. The first-order valence-corrected chi connectivity index (χ1v) is 5.98. The fraction of sp³-hybridized carbons (Fsp3) is 0.250. The van der Waals surface area contributed by atoms with Gasteiger partial charge in [0.2, 0.25) is 0 Å². The van der Waals surface area contributed by atoms with Gasteiger partial charge in [0.25, 0.3) is 0 Å². The minimum absolute atomic E-state index is 0.0268. The smallest absolute Gasteiger partial charge is 0.127 e. The average molecular weight is 281 g/mol. The van der Waals surface area contributed by atoms with Gasteiger partial charge in [-0.25, -0.2) is 4.98 Å². The average Bonchev–Trinajstić information content (AvgIpc) is 2.27. The van der Waals surface area contributed by atoms with Crippen molar-refractivity contribution in [3.63, 3.8) is 0 Å². The van der Waals surface area contributed by atoms with Crippen molar-refractivity contribution in [1.82, 2.24) is 4.98 Å². The normalized spacial score (nSPS) is 10.7. The Morgan fingerprint density at radius 3 is 2.88 bits per heavy atom. The first-order chi connectivity index (χ1) is 7.74. The number of pyridine rings is 1. The quantitative estimate of drug-likeness (QED) is 0.909. The van der Waals surface area contributed by atoms with Crippen LogP contribution < -0.4 is 5.32 Å². The van der Waals surface area contributed by atoms with E-state index in [4.69, 9.17) is 0 Å². The van der Waals surface area contributed by atoms with E-state index in [0.29, 0.717) is 0 Å².